The second-order valence-corrected chi connectivity index (χ2v) is 7.90. The van der Waals surface area contributed by atoms with Crippen molar-refractivity contribution < 1.29 is 21.6 Å². The van der Waals surface area contributed by atoms with Gasteiger partial charge in [0.2, 0.25) is 10.0 Å². The zero-order valence-electron chi connectivity index (χ0n) is 13.9. The molecule has 0 aromatic heterocycles. The first-order valence-electron chi connectivity index (χ1n) is 8.27. The van der Waals surface area contributed by atoms with Crippen LogP contribution in [0.4, 0.5) is 13.2 Å². The Balaban J connectivity index is 2.00. The Morgan fingerprint density at radius 3 is 2.23 bits per heavy atom. The molecular weight excluding hydrogens is 365 g/mol. The van der Waals surface area contributed by atoms with Crippen LogP contribution in [-0.4, -0.2) is 27.5 Å². The van der Waals surface area contributed by atoms with Gasteiger partial charge >= 0.3 is 6.18 Å². The third-order valence-electron chi connectivity index (χ3n) is 4.34. The van der Waals surface area contributed by atoms with Crippen molar-refractivity contribution >= 4 is 10.0 Å². The summed E-state index contributed by atoms with van der Waals surface area (Å²) in [6.07, 6.45) is -3.69. The van der Waals surface area contributed by atoms with Gasteiger partial charge in [-0.3, -0.25) is 0 Å². The van der Waals surface area contributed by atoms with Crippen molar-refractivity contribution in [3.8, 4) is 11.1 Å². The van der Waals surface area contributed by atoms with Crippen molar-refractivity contribution in [2.45, 2.75) is 30.0 Å². The quantitative estimate of drug-likeness (QED) is 0.850. The average Bonchev–Trinajstić information content (AvgIpc) is 2.62. The Bertz CT molecular complexity index is 862. The summed E-state index contributed by atoms with van der Waals surface area (Å²) in [7, 11) is -4.27. The largest absolute Gasteiger partial charge is 0.417 e. The first-order valence-corrected chi connectivity index (χ1v) is 9.75. The Morgan fingerprint density at radius 1 is 0.962 bits per heavy atom. The zero-order chi connectivity index (χ0) is 18.8. The van der Waals surface area contributed by atoms with Crippen LogP contribution in [0, 0.1) is 0 Å². The van der Waals surface area contributed by atoms with Crippen molar-refractivity contribution in [2.24, 2.45) is 0 Å². The molecule has 0 spiro atoms. The van der Waals surface area contributed by atoms with Crippen LogP contribution in [0.5, 0.6) is 0 Å². The van der Waals surface area contributed by atoms with E-state index in [0.717, 1.165) is 12.1 Å². The number of piperidine rings is 1. The van der Waals surface area contributed by atoms with E-state index in [2.05, 4.69) is 10.0 Å². The van der Waals surface area contributed by atoms with Crippen molar-refractivity contribution in [3.05, 3.63) is 54.1 Å². The second-order valence-electron chi connectivity index (χ2n) is 6.22. The summed E-state index contributed by atoms with van der Waals surface area (Å²) >= 11 is 0. The molecule has 0 radical (unpaired) electrons. The molecule has 1 aliphatic heterocycles. The molecule has 0 unspecified atom stereocenters. The highest BCUT2D eigenvalue weighted by atomic mass is 32.2. The fraction of sp³-hybridized carbons (Fsp3) is 0.333. The smallest absolute Gasteiger partial charge is 0.317 e. The van der Waals surface area contributed by atoms with E-state index in [1.165, 1.54) is 6.07 Å². The SMILES string of the molecule is O=S(=O)(NC1CCNCC1)c1ccc(-c2ccccc2)cc1C(F)(F)F. The van der Waals surface area contributed by atoms with Gasteiger partial charge in [0, 0.05) is 6.04 Å². The fourth-order valence-electron chi connectivity index (χ4n) is 3.02. The molecule has 0 amide bonds. The van der Waals surface area contributed by atoms with E-state index >= 15 is 0 Å². The molecule has 2 aromatic rings. The molecule has 26 heavy (non-hydrogen) atoms. The average molecular weight is 384 g/mol. The molecule has 0 atom stereocenters. The summed E-state index contributed by atoms with van der Waals surface area (Å²) in [5.41, 5.74) is -0.243. The van der Waals surface area contributed by atoms with Gasteiger partial charge in [-0.05, 0) is 49.2 Å². The van der Waals surface area contributed by atoms with E-state index in [0.29, 0.717) is 37.1 Å². The van der Waals surface area contributed by atoms with Crippen LogP contribution in [0.1, 0.15) is 18.4 Å². The molecule has 1 heterocycles. The number of sulfonamides is 1. The van der Waals surface area contributed by atoms with Gasteiger partial charge in [0.15, 0.2) is 0 Å². The van der Waals surface area contributed by atoms with Crippen molar-refractivity contribution in [2.75, 3.05) is 13.1 Å². The molecule has 140 valence electrons. The number of halogens is 3. The Morgan fingerprint density at radius 2 is 1.62 bits per heavy atom. The Labute approximate surface area is 150 Å². The van der Waals surface area contributed by atoms with Crippen LogP contribution in [0.3, 0.4) is 0 Å². The van der Waals surface area contributed by atoms with Crippen molar-refractivity contribution in [1.29, 1.82) is 0 Å². The lowest BCUT2D eigenvalue weighted by Crippen LogP contribution is -2.43. The van der Waals surface area contributed by atoms with Gasteiger partial charge in [0.05, 0.1) is 10.5 Å². The second kappa shape index (κ2) is 7.38. The molecule has 0 saturated carbocycles. The van der Waals surface area contributed by atoms with Crippen LogP contribution in [0.25, 0.3) is 11.1 Å². The molecule has 8 heteroatoms. The highest BCUT2D eigenvalue weighted by Crippen LogP contribution is 2.37. The maximum absolute atomic E-state index is 13.6. The predicted octanol–water partition coefficient (Wildman–Crippen LogP) is 3.40. The van der Waals surface area contributed by atoms with Gasteiger partial charge in [0.1, 0.15) is 0 Å². The third kappa shape index (κ3) is 4.25. The summed E-state index contributed by atoms with van der Waals surface area (Å²) < 4.78 is 68.2. The molecule has 0 aliphatic carbocycles. The predicted molar refractivity (Wildman–Crippen MR) is 93.1 cm³/mol. The number of hydrogen-bond donors (Lipinski definition) is 2. The van der Waals surface area contributed by atoms with E-state index in [1.807, 2.05) is 0 Å². The van der Waals surface area contributed by atoms with Crippen LogP contribution < -0.4 is 10.0 Å². The number of benzene rings is 2. The number of alkyl halides is 3. The van der Waals surface area contributed by atoms with E-state index in [-0.39, 0.29) is 6.04 Å². The van der Waals surface area contributed by atoms with E-state index < -0.39 is 26.7 Å². The molecule has 1 fully saturated rings. The van der Waals surface area contributed by atoms with Gasteiger partial charge in [-0.25, -0.2) is 13.1 Å². The maximum atomic E-state index is 13.6. The van der Waals surface area contributed by atoms with Gasteiger partial charge in [-0.15, -0.1) is 0 Å². The highest BCUT2D eigenvalue weighted by Gasteiger charge is 2.38. The molecule has 2 aromatic carbocycles. The molecule has 3 rings (SSSR count). The first-order chi connectivity index (χ1) is 12.3. The highest BCUT2D eigenvalue weighted by molar-refractivity contribution is 7.89. The minimum Gasteiger partial charge on any atom is -0.317 e. The molecule has 4 nitrogen and oxygen atoms in total. The first kappa shape index (κ1) is 18.9. The summed E-state index contributed by atoms with van der Waals surface area (Å²) in [5.74, 6) is 0. The molecule has 1 saturated heterocycles. The lowest BCUT2D eigenvalue weighted by atomic mass is 10.0. The summed E-state index contributed by atoms with van der Waals surface area (Å²) in [6.45, 7) is 1.26. The molecule has 1 aliphatic rings. The normalized spacial score (nSPS) is 16.6. The van der Waals surface area contributed by atoms with Crippen LogP contribution in [0.15, 0.2) is 53.4 Å². The standard InChI is InChI=1S/C18H19F3N2O2S/c19-18(20,21)16-12-14(13-4-2-1-3-5-13)6-7-17(16)26(24,25)23-15-8-10-22-11-9-15/h1-7,12,15,22-23H,8-11H2. The monoisotopic (exact) mass is 384 g/mol. The Kier molecular flexibility index (Phi) is 5.36. The number of hydrogen-bond acceptors (Lipinski definition) is 3. The summed E-state index contributed by atoms with van der Waals surface area (Å²) in [6, 6.07) is 11.5. The number of rotatable bonds is 4. The van der Waals surface area contributed by atoms with Gasteiger partial charge in [-0.1, -0.05) is 36.4 Å². The van der Waals surface area contributed by atoms with E-state index in [9.17, 15) is 21.6 Å². The third-order valence-corrected chi connectivity index (χ3v) is 5.92. The van der Waals surface area contributed by atoms with Gasteiger partial charge in [-0.2, -0.15) is 13.2 Å². The minimum atomic E-state index is -4.77. The topological polar surface area (TPSA) is 58.2 Å². The maximum Gasteiger partial charge on any atom is 0.417 e. The van der Waals surface area contributed by atoms with Crippen molar-refractivity contribution in [3.63, 3.8) is 0 Å². The summed E-state index contributed by atoms with van der Waals surface area (Å²) in [4.78, 5) is -0.733. The van der Waals surface area contributed by atoms with Gasteiger partial charge in [0.25, 0.3) is 0 Å². The minimum absolute atomic E-state index is 0.318. The lowest BCUT2D eigenvalue weighted by molar-refractivity contribution is -0.139. The van der Waals surface area contributed by atoms with Crippen LogP contribution in [-0.2, 0) is 16.2 Å². The van der Waals surface area contributed by atoms with Crippen LogP contribution >= 0.6 is 0 Å². The zero-order valence-corrected chi connectivity index (χ0v) is 14.7. The number of nitrogens with one attached hydrogen (secondary N) is 2. The fourth-order valence-corrected chi connectivity index (χ4v) is 4.53. The van der Waals surface area contributed by atoms with E-state index in [4.69, 9.17) is 0 Å². The molecular formula is C18H19F3N2O2S. The van der Waals surface area contributed by atoms with Gasteiger partial charge < -0.3 is 5.32 Å². The lowest BCUT2D eigenvalue weighted by Gasteiger charge is -2.24. The van der Waals surface area contributed by atoms with Crippen molar-refractivity contribution in [1.82, 2.24) is 10.0 Å². The Hall–Kier alpha value is -1.90. The van der Waals surface area contributed by atoms with Crippen LogP contribution in [0.2, 0.25) is 0 Å². The molecule has 2 N–H and O–H groups in total. The molecule has 0 bridgehead atoms. The van der Waals surface area contributed by atoms with E-state index in [1.54, 1.807) is 30.3 Å². The summed E-state index contributed by atoms with van der Waals surface area (Å²) in [5, 5.41) is 3.09.